The van der Waals surface area contributed by atoms with Crippen LogP contribution in [0.5, 0.6) is 0 Å². The first-order chi connectivity index (χ1) is 10.2. The van der Waals surface area contributed by atoms with E-state index < -0.39 is 0 Å². The Morgan fingerprint density at radius 3 is 2.62 bits per heavy atom. The molecular formula is C16H20N4O. The number of aromatic nitrogens is 3. The molecule has 1 aliphatic rings. The summed E-state index contributed by atoms with van der Waals surface area (Å²) in [6.07, 6.45) is 0.840. The number of fused-ring (bicyclic) bond motifs is 1. The van der Waals surface area contributed by atoms with Crippen molar-refractivity contribution >= 4 is 5.82 Å². The van der Waals surface area contributed by atoms with Gasteiger partial charge in [0.15, 0.2) is 5.82 Å². The van der Waals surface area contributed by atoms with Gasteiger partial charge in [-0.3, -0.25) is 4.98 Å². The van der Waals surface area contributed by atoms with Gasteiger partial charge in [0.05, 0.1) is 18.9 Å². The molecule has 0 amide bonds. The third-order valence-corrected chi connectivity index (χ3v) is 3.51. The molecule has 0 radical (unpaired) electrons. The second-order valence-corrected chi connectivity index (χ2v) is 5.29. The average molecular weight is 284 g/mol. The van der Waals surface area contributed by atoms with Crippen LogP contribution in [0.2, 0.25) is 0 Å². The molecule has 2 aromatic rings. The highest BCUT2D eigenvalue weighted by atomic mass is 16.5. The fourth-order valence-corrected chi connectivity index (χ4v) is 2.64. The Kier molecular flexibility index (Phi) is 3.84. The predicted molar refractivity (Wildman–Crippen MR) is 82.3 cm³/mol. The Balaban J connectivity index is 2.12. The van der Waals surface area contributed by atoms with Crippen molar-refractivity contribution in [3.05, 3.63) is 34.8 Å². The van der Waals surface area contributed by atoms with Crippen molar-refractivity contribution in [2.24, 2.45) is 0 Å². The van der Waals surface area contributed by atoms with Crippen molar-refractivity contribution in [2.45, 2.75) is 33.8 Å². The Labute approximate surface area is 124 Å². The smallest absolute Gasteiger partial charge is 0.161 e. The zero-order valence-corrected chi connectivity index (χ0v) is 12.7. The van der Waals surface area contributed by atoms with E-state index in [4.69, 9.17) is 14.7 Å². The van der Waals surface area contributed by atoms with Crippen LogP contribution in [-0.4, -0.2) is 28.1 Å². The van der Waals surface area contributed by atoms with Gasteiger partial charge in [0.1, 0.15) is 5.82 Å². The topological polar surface area (TPSA) is 59.9 Å². The molecule has 0 saturated heterocycles. The quantitative estimate of drug-likeness (QED) is 0.939. The lowest BCUT2D eigenvalue weighted by Crippen LogP contribution is -2.17. The summed E-state index contributed by atoms with van der Waals surface area (Å²) >= 11 is 0. The first-order valence-corrected chi connectivity index (χ1v) is 7.34. The Hall–Kier alpha value is -2.01. The number of anilines is 1. The summed E-state index contributed by atoms with van der Waals surface area (Å²) in [5.41, 5.74) is 5.18. The molecule has 110 valence electrons. The zero-order valence-electron chi connectivity index (χ0n) is 12.7. The molecule has 1 N–H and O–H groups in total. The highest BCUT2D eigenvalue weighted by molar-refractivity contribution is 5.61. The third kappa shape index (κ3) is 2.88. The SMILES string of the molecule is CCNc1nc(-c2cc(C)nc(C)c2)nc2c1COCC2. The van der Waals surface area contributed by atoms with E-state index in [1.165, 1.54) is 0 Å². The minimum Gasteiger partial charge on any atom is -0.376 e. The van der Waals surface area contributed by atoms with E-state index in [0.717, 1.165) is 59.4 Å². The number of hydrogen-bond acceptors (Lipinski definition) is 5. The average Bonchev–Trinajstić information content (AvgIpc) is 2.46. The normalized spacial score (nSPS) is 13.9. The molecule has 3 rings (SSSR count). The molecule has 0 bridgehead atoms. The second-order valence-electron chi connectivity index (χ2n) is 5.29. The van der Waals surface area contributed by atoms with E-state index >= 15 is 0 Å². The van der Waals surface area contributed by atoms with Gasteiger partial charge >= 0.3 is 0 Å². The molecule has 0 unspecified atom stereocenters. The summed E-state index contributed by atoms with van der Waals surface area (Å²) in [7, 11) is 0. The van der Waals surface area contributed by atoms with Gasteiger partial charge in [0, 0.05) is 35.5 Å². The Morgan fingerprint density at radius 2 is 1.90 bits per heavy atom. The van der Waals surface area contributed by atoms with E-state index in [1.54, 1.807) is 0 Å². The lowest BCUT2D eigenvalue weighted by Gasteiger charge is -2.20. The number of rotatable bonds is 3. The standard InChI is InChI=1S/C16H20N4O/c1-4-17-16-13-9-21-6-5-14(13)19-15(20-16)12-7-10(2)18-11(3)8-12/h7-8H,4-6,9H2,1-3H3,(H,17,19,20). The van der Waals surface area contributed by atoms with E-state index in [-0.39, 0.29) is 0 Å². The largest absolute Gasteiger partial charge is 0.376 e. The lowest BCUT2D eigenvalue weighted by atomic mass is 10.1. The zero-order chi connectivity index (χ0) is 14.8. The summed E-state index contributed by atoms with van der Waals surface area (Å²) in [5.74, 6) is 1.66. The predicted octanol–water partition coefficient (Wildman–Crippen LogP) is 2.66. The van der Waals surface area contributed by atoms with Crippen molar-refractivity contribution < 1.29 is 4.74 Å². The summed E-state index contributed by atoms with van der Waals surface area (Å²) in [6, 6.07) is 4.06. The maximum Gasteiger partial charge on any atom is 0.161 e. The van der Waals surface area contributed by atoms with Gasteiger partial charge in [0.2, 0.25) is 0 Å². The van der Waals surface area contributed by atoms with Crippen molar-refractivity contribution in [2.75, 3.05) is 18.5 Å². The number of aryl methyl sites for hydroxylation is 2. The van der Waals surface area contributed by atoms with Crippen LogP contribution in [0.1, 0.15) is 29.6 Å². The first kappa shape index (κ1) is 13.9. The van der Waals surface area contributed by atoms with Crippen molar-refractivity contribution in [3.8, 4) is 11.4 Å². The molecule has 21 heavy (non-hydrogen) atoms. The van der Waals surface area contributed by atoms with E-state index in [0.29, 0.717) is 6.61 Å². The van der Waals surface area contributed by atoms with Crippen molar-refractivity contribution in [1.82, 2.24) is 15.0 Å². The number of nitrogens with one attached hydrogen (secondary N) is 1. The molecule has 0 atom stereocenters. The van der Waals surface area contributed by atoms with Gasteiger partial charge in [-0.15, -0.1) is 0 Å². The van der Waals surface area contributed by atoms with Gasteiger partial charge < -0.3 is 10.1 Å². The molecule has 0 aromatic carbocycles. The van der Waals surface area contributed by atoms with Gasteiger partial charge in [-0.2, -0.15) is 0 Å². The Morgan fingerprint density at radius 1 is 1.14 bits per heavy atom. The maximum absolute atomic E-state index is 5.54. The minimum atomic E-state index is 0.590. The molecule has 5 heteroatoms. The molecule has 5 nitrogen and oxygen atoms in total. The van der Waals surface area contributed by atoms with Crippen LogP contribution >= 0.6 is 0 Å². The molecule has 0 spiro atoms. The van der Waals surface area contributed by atoms with E-state index in [9.17, 15) is 0 Å². The van der Waals surface area contributed by atoms with Gasteiger partial charge in [0.25, 0.3) is 0 Å². The van der Waals surface area contributed by atoms with Crippen molar-refractivity contribution in [1.29, 1.82) is 0 Å². The van der Waals surface area contributed by atoms with Crippen LogP contribution in [0.3, 0.4) is 0 Å². The van der Waals surface area contributed by atoms with E-state index in [2.05, 4.69) is 17.2 Å². The van der Waals surface area contributed by atoms with Gasteiger partial charge in [-0.25, -0.2) is 9.97 Å². The first-order valence-electron chi connectivity index (χ1n) is 7.34. The summed E-state index contributed by atoms with van der Waals surface area (Å²) in [5, 5.41) is 3.33. The molecular weight excluding hydrogens is 264 g/mol. The van der Waals surface area contributed by atoms with Crippen LogP contribution in [0.4, 0.5) is 5.82 Å². The third-order valence-electron chi connectivity index (χ3n) is 3.51. The Bertz CT molecular complexity index is 649. The van der Waals surface area contributed by atoms with Crippen LogP contribution in [0.25, 0.3) is 11.4 Å². The van der Waals surface area contributed by atoms with Crippen LogP contribution < -0.4 is 5.32 Å². The molecule has 0 saturated carbocycles. The highest BCUT2D eigenvalue weighted by Gasteiger charge is 2.18. The summed E-state index contributed by atoms with van der Waals surface area (Å²) in [4.78, 5) is 13.9. The number of hydrogen-bond donors (Lipinski definition) is 1. The lowest BCUT2D eigenvalue weighted by molar-refractivity contribution is 0.109. The van der Waals surface area contributed by atoms with E-state index in [1.807, 2.05) is 26.0 Å². The molecule has 0 fully saturated rings. The highest BCUT2D eigenvalue weighted by Crippen LogP contribution is 2.26. The molecule has 3 heterocycles. The monoisotopic (exact) mass is 284 g/mol. The number of ether oxygens (including phenoxy) is 1. The minimum absolute atomic E-state index is 0.590. The van der Waals surface area contributed by atoms with Gasteiger partial charge in [-0.1, -0.05) is 0 Å². The second kappa shape index (κ2) is 5.77. The molecule has 1 aliphatic heterocycles. The van der Waals surface area contributed by atoms with Crippen LogP contribution in [0.15, 0.2) is 12.1 Å². The van der Waals surface area contributed by atoms with Crippen LogP contribution in [-0.2, 0) is 17.8 Å². The van der Waals surface area contributed by atoms with Crippen LogP contribution in [0, 0.1) is 13.8 Å². The molecule has 0 aliphatic carbocycles. The number of nitrogens with zero attached hydrogens (tertiary/aromatic N) is 3. The number of pyridine rings is 1. The summed E-state index contributed by atoms with van der Waals surface area (Å²) in [6.45, 7) is 8.20. The summed E-state index contributed by atoms with van der Waals surface area (Å²) < 4.78 is 5.54. The fourth-order valence-electron chi connectivity index (χ4n) is 2.64. The maximum atomic E-state index is 5.54. The van der Waals surface area contributed by atoms with Crippen molar-refractivity contribution in [3.63, 3.8) is 0 Å². The fraction of sp³-hybridized carbons (Fsp3) is 0.438. The molecule has 2 aromatic heterocycles. The van der Waals surface area contributed by atoms with Gasteiger partial charge in [-0.05, 0) is 32.9 Å².